The third kappa shape index (κ3) is 1.82. The summed E-state index contributed by atoms with van der Waals surface area (Å²) in [4.78, 5) is 19.0. The summed E-state index contributed by atoms with van der Waals surface area (Å²) in [6.07, 6.45) is 5.85. The Bertz CT molecular complexity index is 609. The molecule has 2 unspecified atom stereocenters. The molecular weight excluding hydrogens is 252 g/mol. The highest BCUT2D eigenvalue weighted by Crippen LogP contribution is 2.40. The summed E-state index contributed by atoms with van der Waals surface area (Å²) in [5.41, 5.74) is 1.72. The zero-order chi connectivity index (χ0) is 13.5. The fourth-order valence-corrected chi connectivity index (χ4v) is 3.69. The summed E-state index contributed by atoms with van der Waals surface area (Å²) in [6, 6.07) is 0. The Morgan fingerprint density at radius 3 is 2.85 bits per heavy atom. The standard InChI is InChI=1S/C14H20N6/c1-2-15-14-18-12-11(16-8-17-12)13(19-14)20-6-9-4-3-5-10(9)7-20/h8-10H,2-7H2,1H3,(H2,15,16,17,18,19). The van der Waals surface area contributed by atoms with Crippen molar-refractivity contribution in [1.29, 1.82) is 0 Å². The third-order valence-electron chi connectivity index (χ3n) is 4.63. The van der Waals surface area contributed by atoms with Crippen LogP contribution in [0.1, 0.15) is 26.2 Å². The molecule has 1 aliphatic heterocycles. The fourth-order valence-electron chi connectivity index (χ4n) is 3.69. The van der Waals surface area contributed by atoms with Gasteiger partial charge in [-0.15, -0.1) is 0 Å². The average Bonchev–Trinajstić information content (AvgIpc) is 3.12. The number of aromatic amines is 1. The summed E-state index contributed by atoms with van der Waals surface area (Å²) >= 11 is 0. The Morgan fingerprint density at radius 2 is 2.10 bits per heavy atom. The van der Waals surface area contributed by atoms with E-state index in [0.717, 1.165) is 48.5 Å². The zero-order valence-corrected chi connectivity index (χ0v) is 11.8. The van der Waals surface area contributed by atoms with Gasteiger partial charge in [0.05, 0.1) is 6.33 Å². The second-order valence-electron chi connectivity index (χ2n) is 5.86. The minimum absolute atomic E-state index is 0.680. The number of H-pyrrole nitrogens is 1. The van der Waals surface area contributed by atoms with Crippen molar-refractivity contribution in [3.05, 3.63) is 6.33 Å². The predicted octanol–water partition coefficient (Wildman–Crippen LogP) is 2.02. The van der Waals surface area contributed by atoms with E-state index >= 15 is 0 Å². The Labute approximate surface area is 118 Å². The topological polar surface area (TPSA) is 69.7 Å². The number of imidazole rings is 1. The van der Waals surface area contributed by atoms with Gasteiger partial charge in [0.25, 0.3) is 0 Å². The molecule has 2 N–H and O–H groups in total. The smallest absolute Gasteiger partial charge is 0.226 e. The summed E-state index contributed by atoms with van der Waals surface area (Å²) in [6.45, 7) is 5.13. The summed E-state index contributed by atoms with van der Waals surface area (Å²) < 4.78 is 0. The van der Waals surface area contributed by atoms with Crippen molar-refractivity contribution >= 4 is 22.9 Å². The number of hydrogen-bond donors (Lipinski definition) is 2. The van der Waals surface area contributed by atoms with Crippen molar-refractivity contribution in [2.45, 2.75) is 26.2 Å². The second-order valence-corrected chi connectivity index (χ2v) is 5.86. The van der Waals surface area contributed by atoms with Crippen LogP contribution in [0.4, 0.5) is 11.8 Å². The lowest BCUT2D eigenvalue weighted by molar-refractivity contribution is 0.494. The maximum Gasteiger partial charge on any atom is 0.226 e. The van der Waals surface area contributed by atoms with Crippen LogP contribution in [-0.4, -0.2) is 39.6 Å². The van der Waals surface area contributed by atoms with Crippen LogP contribution in [0.15, 0.2) is 6.33 Å². The summed E-state index contributed by atoms with van der Waals surface area (Å²) in [5, 5.41) is 3.20. The molecule has 4 rings (SSSR count). The Kier molecular flexibility index (Phi) is 2.75. The number of nitrogens with zero attached hydrogens (tertiary/aromatic N) is 4. The van der Waals surface area contributed by atoms with Crippen molar-refractivity contribution in [3.8, 4) is 0 Å². The summed E-state index contributed by atoms with van der Waals surface area (Å²) in [7, 11) is 0. The molecule has 1 aliphatic carbocycles. The normalized spacial score (nSPS) is 25.4. The molecular formula is C14H20N6. The predicted molar refractivity (Wildman–Crippen MR) is 78.9 cm³/mol. The van der Waals surface area contributed by atoms with Crippen LogP contribution in [0.2, 0.25) is 0 Å². The molecule has 1 saturated heterocycles. The van der Waals surface area contributed by atoms with Gasteiger partial charge in [0.1, 0.15) is 5.52 Å². The maximum atomic E-state index is 4.70. The average molecular weight is 272 g/mol. The molecule has 1 saturated carbocycles. The third-order valence-corrected chi connectivity index (χ3v) is 4.63. The van der Waals surface area contributed by atoms with Crippen LogP contribution in [0.25, 0.3) is 11.2 Å². The molecule has 0 bridgehead atoms. The number of fused-ring (bicyclic) bond motifs is 2. The van der Waals surface area contributed by atoms with Gasteiger partial charge in [-0.25, -0.2) is 4.98 Å². The molecule has 3 heterocycles. The van der Waals surface area contributed by atoms with Crippen molar-refractivity contribution in [3.63, 3.8) is 0 Å². The van der Waals surface area contributed by atoms with E-state index in [0.29, 0.717) is 5.95 Å². The maximum absolute atomic E-state index is 4.70. The SMILES string of the molecule is CCNc1nc(N2CC3CCCC3C2)c2[nH]cnc2n1. The van der Waals surface area contributed by atoms with Gasteiger partial charge in [-0.2, -0.15) is 9.97 Å². The van der Waals surface area contributed by atoms with E-state index in [2.05, 4.69) is 32.1 Å². The lowest BCUT2D eigenvalue weighted by atomic mass is 10.0. The fraction of sp³-hybridized carbons (Fsp3) is 0.643. The van der Waals surface area contributed by atoms with Gasteiger partial charge >= 0.3 is 0 Å². The van der Waals surface area contributed by atoms with Crippen LogP contribution < -0.4 is 10.2 Å². The number of anilines is 2. The van der Waals surface area contributed by atoms with Gasteiger partial charge in [-0.05, 0) is 31.6 Å². The Balaban J connectivity index is 1.72. The molecule has 2 fully saturated rings. The molecule has 106 valence electrons. The molecule has 2 aliphatic rings. The zero-order valence-electron chi connectivity index (χ0n) is 11.8. The summed E-state index contributed by atoms with van der Waals surface area (Å²) in [5.74, 6) is 3.40. The number of aromatic nitrogens is 4. The molecule has 2 aromatic rings. The van der Waals surface area contributed by atoms with Crippen molar-refractivity contribution < 1.29 is 0 Å². The van der Waals surface area contributed by atoms with Gasteiger partial charge in [0, 0.05) is 19.6 Å². The molecule has 6 nitrogen and oxygen atoms in total. The van der Waals surface area contributed by atoms with E-state index in [-0.39, 0.29) is 0 Å². The molecule has 2 aromatic heterocycles. The second kappa shape index (κ2) is 4.61. The van der Waals surface area contributed by atoms with Crippen LogP contribution in [-0.2, 0) is 0 Å². The Morgan fingerprint density at radius 1 is 1.30 bits per heavy atom. The molecule has 0 amide bonds. The quantitative estimate of drug-likeness (QED) is 0.894. The van der Waals surface area contributed by atoms with E-state index in [9.17, 15) is 0 Å². The molecule has 6 heteroatoms. The monoisotopic (exact) mass is 272 g/mol. The number of hydrogen-bond acceptors (Lipinski definition) is 5. The van der Waals surface area contributed by atoms with E-state index < -0.39 is 0 Å². The van der Waals surface area contributed by atoms with Crippen LogP contribution >= 0.6 is 0 Å². The van der Waals surface area contributed by atoms with Gasteiger partial charge in [-0.3, -0.25) is 0 Å². The van der Waals surface area contributed by atoms with E-state index in [1.54, 1.807) is 6.33 Å². The van der Waals surface area contributed by atoms with Gasteiger partial charge in [0.2, 0.25) is 5.95 Å². The number of rotatable bonds is 3. The molecule has 0 spiro atoms. The molecule has 2 atom stereocenters. The van der Waals surface area contributed by atoms with Crippen molar-refractivity contribution in [2.24, 2.45) is 11.8 Å². The van der Waals surface area contributed by atoms with E-state index in [4.69, 9.17) is 4.98 Å². The molecule has 0 radical (unpaired) electrons. The van der Waals surface area contributed by atoms with Crippen molar-refractivity contribution in [2.75, 3.05) is 29.9 Å². The molecule has 0 aromatic carbocycles. The highest BCUT2D eigenvalue weighted by molar-refractivity contribution is 5.84. The van der Waals surface area contributed by atoms with Gasteiger partial charge in [0.15, 0.2) is 11.5 Å². The van der Waals surface area contributed by atoms with Gasteiger partial charge in [-0.1, -0.05) is 6.42 Å². The Hall–Kier alpha value is -1.85. The largest absolute Gasteiger partial charge is 0.354 e. The molecule has 20 heavy (non-hydrogen) atoms. The first-order chi connectivity index (χ1) is 9.85. The lowest BCUT2D eigenvalue weighted by Crippen LogP contribution is -2.23. The van der Waals surface area contributed by atoms with Crippen LogP contribution in [0.3, 0.4) is 0 Å². The van der Waals surface area contributed by atoms with E-state index in [1.165, 1.54) is 19.3 Å². The van der Waals surface area contributed by atoms with Crippen molar-refractivity contribution in [1.82, 2.24) is 19.9 Å². The lowest BCUT2D eigenvalue weighted by Gasteiger charge is -2.19. The van der Waals surface area contributed by atoms with E-state index in [1.807, 2.05) is 0 Å². The first-order valence-electron chi connectivity index (χ1n) is 7.55. The first-order valence-corrected chi connectivity index (χ1v) is 7.55. The minimum Gasteiger partial charge on any atom is -0.354 e. The first kappa shape index (κ1) is 11.9. The van der Waals surface area contributed by atoms with Gasteiger partial charge < -0.3 is 15.2 Å². The highest BCUT2D eigenvalue weighted by atomic mass is 15.3. The van der Waals surface area contributed by atoms with Crippen LogP contribution in [0, 0.1) is 11.8 Å². The minimum atomic E-state index is 0.680. The highest BCUT2D eigenvalue weighted by Gasteiger charge is 2.37. The number of nitrogens with one attached hydrogen (secondary N) is 2. The van der Waals surface area contributed by atoms with Crippen LogP contribution in [0.5, 0.6) is 0 Å².